The van der Waals surface area contributed by atoms with Gasteiger partial charge < -0.3 is 10.6 Å². The highest BCUT2D eigenvalue weighted by atomic mass is 16.2. The van der Waals surface area contributed by atoms with E-state index < -0.39 is 0 Å². The Hall–Kier alpha value is -1.77. The summed E-state index contributed by atoms with van der Waals surface area (Å²) >= 11 is 0. The van der Waals surface area contributed by atoms with Crippen LogP contribution in [0, 0.1) is 18.8 Å². The molecule has 3 nitrogen and oxygen atoms in total. The molecule has 0 saturated heterocycles. The van der Waals surface area contributed by atoms with Gasteiger partial charge in [0.2, 0.25) is 5.91 Å². The third kappa shape index (κ3) is 5.12. The second-order valence-corrected chi connectivity index (χ2v) is 6.58. The van der Waals surface area contributed by atoms with Crippen molar-refractivity contribution in [3.05, 3.63) is 41.7 Å². The van der Waals surface area contributed by atoms with Crippen LogP contribution in [0.15, 0.2) is 36.2 Å². The number of carbonyl (C=O) groups excluding carboxylic acids is 1. The summed E-state index contributed by atoms with van der Waals surface area (Å²) < 4.78 is 0. The Balaban J connectivity index is 1.96. The molecule has 1 saturated carbocycles. The summed E-state index contributed by atoms with van der Waals surface area (Å²) in [5, 5.41) is 6.47. The van der Waals surface area contributed by atoms with Crippen molar-refractivity contribution in [2.75, 3.05) is 5.32 Å². The van der Waals surface area contributed by atoms with Crippen molar-refractivity contribution >= 4 is 11.6 Å². The van der Waals surface area contributed by atoms with Gasteiger partial charge in [0.05, 0.1) is 0 Å². The van der Waals surface area contributed by atoms with Gasteiger partial charge in [-0.05, 0) is 62.7 Å². The molecule has 126 valence electrons. The number of aryl methyl sites for hydroxylation is 1. The minimum absolute atomic E-state index is 0.164. The van der Waals surface area contributed by atoms with Gasteiger partial charge in [0.1, 0.15) is 5.82 Å². The average Bonchev–Trinajstić information content (AvgIpc) is 2.57. The Labute approximate surface area is 140 Å². The first kappa shape index (κ1) is 17.6. The average molecular weight is 314 g/mol. The minimum atomic E-state index is 0.164. The quantitative estimate of drug-likeness (QED) is 0.776. The number of hydrogen-bond donors (Lipinski definition) is 2. The smallest absolute Gasteiger partial charge is 0.228 e. The first-order valence-electron chi connectivity index (χ1n) is 8.97. The van der Waals surface area contributed by atoms with Crippen LogP contribution in [0.3, 0.4) is 0 Å². The molecule has 1 fully saturated rings. The zero-order chi connectivity index (χ0) is 16.7. The van der Waals surface area contributed by atoms with Crippen LogP contribution < -0.4 is 10.6 Å². The van der Waals surface area contributed by atoms with Crippen LogP contribution in [0.2, 0.25) is 0 Å². The fourth-order valence-electron chi connectivity index (χ4n) is 3.26. The molecule has 0 aromatic heterocycles. The number of carbonyl (C=O) groups is 1. The van der Waals surface area contributed by atoms with Crippen LogP contribution in [0.4, 0.5) is 5.69 Å². The van der Waals surface area contributed by atoms with Crippen molar-refractivity contribution in [3.63, 3.8) is 0 Å². The molecule has 23 heavy (non-hydrogen) atoms. The van der Waals surface area contributed by atoms with Crippen LogP contribution in [-0.4, -0.2) is 5.91 Å². The Bertz CT molecular complexity index is 542. The zero-order valence-electron chi connectivity index (χ0n) is 14.7. The topological polar surface area (TPSA) is 41.1 Å². The number of rotatable bonds is 6. The van der Waals surface area contributed by atoms with E-state index in [1.165, 1.54) is 24.8 Å². The van der Waals surface area contributed by atoms with Crippen molar-refractivity contribution < 1.29 is 4.79 Å². The molecule has 0 radical (unpaired) electrons. The standard InChI is InChI=1S/C20H30N2O/c1-4-8-19(21-18-10-7-6-9-15(18)3)22-20(23)17-13-11-16(5-2)12-14-17/h6-10,16-17,21H,4-5,11-14H2,1-3H3,(H,22,23)/b19-8-. The van der Waals surface area contributed by atoms with Crippen LogP contribution in [-0.2, 0) is 4.79 Å². The van der Waals surface area contributed by atoms with Gasteiger partial charge >= 0.3 is 0 Å². The summed E-state index contributed by atoms with van der Waals surface area (Å²) in [4.78, 5) is 12.6. The van der Waals surface area contributed by atoms with Crippen molar-refractivity contribution in [1.82, 2.24) is 5.32 Å². The van der Waals surface area contributed by atoms with Crippen LogP contribution in [0.25, 0.3) is 0 Å². The van der Waals surface area contributed by atoms with E-state index in [1.54, 1.807) is 0 Å². The molecule has 1 aromatic rings. The normalized spacial score (nSPS) is 21.8. The molecule has 1 amide bonds. The highest BCUT2D eigenvalue weighted by Crippen LogP contribution is 2.30. The SMILES string of the molecule is CC/C=C(\NC(=O)C1CCC(CC)CC1)Nc1ccccc1C. The third-order valence-corrected chi connectivity index (χ3v) is 4.88. The summed E-state index contributed by atoms with van der Waals surface area (Å²) in [7, 11) is 0. The molecule has 1 aliphatic carbocycles. The largest absolute Gasteiger partial charge is 0.342 e. The summed E-state index contributed by atoms with van der Waals surface area (Å²) in [6.45, 7) is 6.40. The number of para-hydroxylation sites is 1. The van der Waals surface area contributed by atoms with Gasteiger partial charge in [0, 0.05) is 11.6 Å². The molecule has 0 heterocycles. The molecule has 0 aliphatic heterocycles. The number of amides is 1. The molecule has 1 aromatic carbocycles. The van der Waals surface area contributed by atoms with E-state index in [4.69, 9.17) is 0 Å². The first-order chi connectivity index (χ1) is 11.1. The molecule has 1 aliphatic rings. The van der Waals surface area contributed by atoms with Crippen LogP contribution in [0.1, 0.15) is 57.9 Å². The Morgan fingerprint density at radius 2 is 1.87 bits per heavy atom. The predicted molar refractivity (Wildman–Crippen MR) is 97.1 cm³/mol. The van der Waals surface area contributed by atoms with Gasteiger partial charge in [-0.25, -0.2) is 0 Å². The first-order valence-corrected chi connectivity index (χ1v) is 8.97. The highest BCUT2D eigenvalue weighted by molar-refractivity contribution is 5.81. The van der Waals surface area contributed by atoms with E-state index >= 15 is 0 Å². The maximum atomic E-state index is 12.6. The molecule has 0 unspecified atom stereocenters. The van der Waals surface area contributed by atoms with Gasteiger partial charge in [-0.1, -0.05) is 38.5 Å². The summed E-state index contributed by atoms with van der Waals surface area (Å²) in [6, 6.07) is 8.14. The monoisotopic (exact) mass is 314 g/mol. The lowest BCUT2D eigenvalue weighted by atomic mass is 9.80. The van der Waals surface area contributed by atoms with E-state index in [-0.39, 0.29) is 11.8 Å². The number of hydrogen-bond acceptors (Lipinski definition) is 2. The molecule has 0 atom stereocenters. The van der Waals surface area contributed by atoms with Gasteiger partial charge in [-0.15, -0.1) is 0 Å². The van der Waals surface area contributed by atoms with E-state index in [0.29, 0.717) is 0 Å². The zero-order valence-corrected chi connectivity index (χ0v) is 14.7. The fourth-order valence-corrected chi connectivity index (χ4v) is 3.26. The van der Waals surface area contributed by atoms with Crippen molar-refractivity contribution in [3.8, 4) is 0 Å². The molecule has 0 bridgehead atoms. The number of allylic oxidation sites excluding steroid dienone is 1. The van der Waals surface area contributed by atoms with Crippen molar-refractivity contribution in [2.24, 2.45) is 11.8 Å². The predicted octanol–water partition coefficient (Wildman–Crippen LogP) is 4.99. The Kier molecular flexibility index (Phi) is 6.69. The van der Waals surface area contributed by atoms with Crippen molar-refractivity contribution in [2.45, 2.75) is 59.3 Å². The Morgan fingerprint density at radius 1 is 1.17 bits per heavy atom. The summed E-state index contributed by atoms with van der Waals surface area (Å²) in [5.41, 5.74) is 2.22. The van der Waals surface area contributed by atoms with Gasteiger partial charge in [0.15, 0.2) is 0 Å². The number of nitrogens with one attached hydrogen (secondary N) is 2. The Morgan fingerprint density at radius 3 is 2.48 bits per heavy atom. The van der Waals surface area contributed by atoms with Crippen LogP contribution in [0.5, 0.6) is 0 Å². The number of benzene rings is 1. The van der Waals surface area contributed by atoms with E-state index in [0.717, 1.165) is 36.7 Å². The molecule has 3 heteroatoms. The summed E-state index contributed by atoms with van der Waals surface area (Å²) in [5.74, 6) is 1.95. The maximum Gasteiger partial charge on any atom is 0.228 e. The lowest BCUT2D eigenvalue weighted by Gasteiger charge is -2.27. The van der Waals surface area contributed by atoms with E-state index in [2.05, 4.69) is 37.5 Å². The van der Waals surface area contributed by atoms with E-state index in [1.807, 2.05) is 24.3 Å². The van der Waals surface area contributed by atoms with Gasteiger partial charge in [0.25, 0.3) is 0 Å². The van der Waals surface area contributed by atoms with Gasteiger partial charge in [-0.2, -0.15) is 0 Å². The second-order valence-electron chi connectivity index (χ2n) is 6.58. The second kappa shape index (κ2) is 8.76. The van der Waals surface area contributed by atoms with E-state index in [9.17, 15) is 4.79 Å². The van der Waals surface area contributed by atoms with Crippen molar-refractivity contribution in [1.29, 1.82) is 0 Å². The molecular weight excluding hydrogens is 284 g/mol. The maximum absolute atomic E-state index is 12.6. The van der Waals surface area contributed by atoms with Crippen LogP contribution >= 0.6 is 0 Å². The number of anilines is 1. The lowest BCUT2D eigenvalue weighted by molar-refractivity contribution is -0.125. The molecule has 2 rings (SSSR count). The molecule has 2 N–H and O–H groups in total. The molecule has 0 spiro atoms. The summed E-state index contributed by atoms with van der Waals surface area (Å²) in [6.07, 6.45) is 8.59. The highest BCUT2D eigenvalue weighted by Gasteiger charge is 2.25. The third-order valence-electron chi connectivity index (χ3n) is 4.88. The minimum Gasteiger partial charge on any atom is -0.342 e. The van der Waals surface area contributed by atoms with Gasteiger partial charge in [-0.3, -0.25) is 4.79 Å². The molecular formula is C20H30N2O. The fraction of sp³-hybridized carbons (Fsp3) is 0.550. The lowest BCUT2D eigenvalue weighted by Crippen LogP contribution is -2.34.